The molecule has 0 saturated carbocycles. The quantitative estimate of drug-likeness (QED) is 0.0877. The third-order valence-corrected chi connectivity index (χ3v) is 8.28. The van der Waals surface area contributed by atoms with E-state index < -0.39 is 6.72 Å². The van der Waals surface area contributed by atoms with E-state index in [1.165, 1.54) is 70.6 Å². The van der Waals surface area contributed by atoms with Crippen LogP contribution in [0.25, 0.3) is 0 Å². The molecule has 0 saturated heterocycles. The summed E-state index contributed by atoms with van der Waals surface area (Å²) in [7, 11) is 0. The number of hydrogen-bond donors (Lipinski definition) is 0. The largest absolute Gasteiger partial charge is 0.465 e. The van der Waals surface area contributed by atoms with Gasteiger partial charge in [0.2, 0.25) is 0 Å². The predicted molar refractivity (Wildman–Crippen MR) is 145 cm³/mol. The first-order valence-electron chi connectivity index (χ1n) is 13.6. The Bertz CT molecular complexity index is 668. The molecule has 1 aromatic carbocycles. The summed E-state index contributed by atoms with van der Waals surface area (Å²) in [4.78, 5) is 12.0. The lowest BCUT2D eigenvalue weighted by atomic mass is 10.0. The van der Waals surface area contributed by atoms with Gasteiger partial charge in [-0.05, 0) is 35.6 Å². The molecular formula is C28H48ClO4P. The van der Waals surface area contributed by atoms with Crippen LogP contribution in [0.15, 0.2) is 30.3 Å². The van der Waals surface area contributed by atoms with Crippen molar-refractivity contribution in [3.05, 3.63) is 35.9 Å². The average Bonchev–Trinajstić information content (AvgIpc) is 2.84. The Morgan fingerprint density at radius 1 is 0.882 bits per heavy atom. The highest BCUT2D eigenvalue weighted by atomic mass is 35.7. The van der Waals surface area contributed by atoms with Gasteiger partial charge in [0.15, 0.2) is 0 Å². The van der Waals surface area contributed by atoms with Gasteiger partial charge in [-0.2, -0.15) is 0 Å². The van der Waals surface area contributed by atoms with E-state index in [4.69, 9.17) is 20.5 Å². The Morgan fingerprint density at radius 2 is 1.41 bits per heavy atom. The monoisotopic (exact) mass is 514 g/mol. The molecule has 0 bridgehead atoms. The van der Waals surface area contributed by atoms with E-state index in [0.29, 0.717) is 19.4 Å². The van der Waals surface area contributed by atoms with Crippen LogP contribution in [0.4, 0.5) is 0 Å². The van der Waals surface area contributed by atoms with E-state index in [9.17, 15) is 9.36 Å². The van der Waals surface area contributed by atoms with Crippen LogP contribution in [0, 0.1) is 5.92 Å². The molecule has 0 radical (unpaired) electrons. The standard InChI is InChI=1S/C28H48ClO4P/c1-3-4-5-6-7-8-9-10-11-12-13-14-18-21-28(30)32-24-26(2)22-23-34(29,31)33-25-27-19-16-15-17-20-27/h15-17,19-20,26H,3-14,18,21-25H2,1-2H3/t26-,34?/m0/s1. The molecule has 2 atom stereocenters. The Morgan fingerprint density at radius 3 is 1.97 bits per heavy atom. The Hall–Kier alpha value is -0.830. The van der Waals surface area contributed by atoms with Crippen LogP contribution in [-0.2, 0) is 25.2 Å². The molecular weight excluding hydrogens is 467 g/mol. The molecule has 0 aliphatic rings. The van der Waals surface area contributed by atoms with E-state index in [1.807, 2.05) is 37.3 Å². The van der Waals surface area contributed by atoms with E-state index >= 15 is 0 Å². The number of carbonyl (C=O) groups is 1. The first-order chi connectivity index (χ1) is 16.4. The number of hydrogen-bond acceptors (Lipinski definition) is 4. The zero-order valence-electron chi connectivity index (χ0n) is 21.7. The summed E-state index contributed by atoms with van der Waals surface area (Å²) in [5.41, 5.74) is 0.943. The van der Waals surface area contributed by atoms with Crippen molar-refractivity contribution in [1.82, 2.24) is 0 Å². The van der Waals surface area contributed by atoms with Crippen LogP contribution in [0.3, 0.4) is 0 Å². The van der Waals surface area contributed by atoms with Gasteiger partial charge in [0, 0.05) is 12.6 Å². The van der Waals surface area contributed by atoms with Crippen LogP contribution in [-0.4, -0.2) is 18.7 Å². The van der Waals surface area contributed by atoms with Crippen molar-refractivity contribution in [3.63, 3.8) is 0 Å². The van der Waals surface area contributed by atoms with Crippen LogP contribution >= 0.6 is 18.0 Å². The van der Waals surface area contributed by atoms with Crippen molar-refractivity contribution in [3.8, 4) is 0 Å². The Labute approximate surface area is 213 Å². The maximum absolute atomic E-state index is 12.4. The fraction of sp³-hybridized carbons (Fsp3) is 0.750. The predicted octanol–water partition coefficient (Wildman–Crippen LogP) is 9.69. The molecule has 0 aliphatic heterocycles. The smallest absolute Gasteiger partial charge is 0.305 e. The van der Waals surface area contributed by atoms with Crippen molar-refractivity contribution in [2.24, 2.45) is 5.92 Å². The molecule has 0 amide bonds. The second kappa shape index (κ2) is 20.4. The third kappa shape index (κ3) is 18.5. The number of rotatable bonds is 22. The minimum Gasteiger partial charge on any atom is -0.465 e. The Kier molecular flexibility index (Phi) is 18.7. The summed E-state index contributed by atoms with van der Waals surface area (Å²) in [5, 5.41) is 0. The van der Waals surface area contributed by atoms with Gasteiger partial charge < -0.3 is 9.26 Å². The molecule has 6 heteroatoms. The van der Waals surface area contributed by atoms with E-state index in [1.54, 1.807) is 0 Å². The summed E-state index contributed by atoms with van der Waals surface area (Å²) >= 11 is 6.09. The summed E-state index contributed by atoms with van der Waals surface area (Å²) in [5.74, 6) is -0.0349. The van der Waals surface area contributed by atoms with Gasteiger partial charge in [0.1, 0.15) is 0 Å². The van der Waals surface area contributed by atoms with E-state index in [-0.39, 0.29) is 24.7 Å². The number of esters is 1. The van der Waals surface area contributed by atoms with Crippen LogP contribution < -0.4 is 0 Å². The summed E-state index contributed by atoms with van der Waals surface area (Å²) in [6.07, 6.45) is 18.1. The highest BCUT2D eigenvalue weighted by Gasteiger charge is 2.21. The highest BCUT2D eigenvalue weighted by molar-refractivity contribution is 7.85. The molecule has 1 unspecified atom stereocenters. The van der Waals surface area contributed by atoms with Crippen molar-refractivity contribution < 1.29 is 18.6 Å². The van der Waals surface area contributed by atoms with E-state index in [2.05, 4.69) is 6.92 Å². The van der Waals surface area contributed by atoms with E-state index in [0.717, 1.165) is 18.4 Å². The molecule has 4 nitrogen and oxygen atoms in total. The van der Waals surface area contributed by atoms with Gasteiger partial charge in [0.25, 0.3) is 6.72 Å². The highest BCUT2D eigenvalue weighted by Crippen LogP contribution is 2.53. The Balaban J connectivity index is 1.94. The molecule has 0 spiro atoms. The summed E-state index contributed by atoms with van der Waals surface area (Å²) in [6.45, 7) is 1.65. The molecule has 196 valence electrons. The number of ether oxygens (including phenoxy) is 1. The molecule has 1 aromatic rings. The number of unbranched alkanes of at least 4 members (excludes halogenated alkanes) is 12. The van der Waals surface area contributed by atoms with Crippen molar-refractivity contribution in [1.29, 1.82) is 0 Å². The van der Waals surface area contributed by atoms with Gasteiger partial charge in [-0.25, -0.2) is 0 Å². The first kappa shape index (κ1) is 31.2. The zero-order valence-corrected chi connectivity index (χ0v) is 23.3. The van der Waals surface area contributed by atoms with Crippen molar-refractivity contribution in [2.75, 3.05) is 12.8 Å². The van der Waals surface area contributed by atoms with Gasteiger partial charge >= 0.3 is 5.97 Å². The van der Waals surface area contributed by atoms with Gasteiger partial charge in [0.05, 0.1) is 13.2 Å². The lowest BCUT2D eigenvalue weighted by Crippen LogP contribution is -2.13. The van der Waals surface area contributed by atoms with Gasteiger partial charge in [-0.3, -0.25) is 9.36 Å². The number of benzene rings is 1. The molecule has 0 aromatic heterocycles. The minimum atomic E-state index is -3.17. The molecule has 0 fully saturated rings. The van der Waals surface area contributed by atoms with Crippen LogP contribution in [0.5, 0.6) is 0 Å². The molecule has 0 aliphatic carbocycles. The van der Waals surface area contributed by atoms with Crippen LogP contribution in [0.1, 0.15) is 116 Å². The normalized spacial score (nSPS) is 14.0. The second-order valence-electron chi connectivity index (χ2n) is 9.64. The minimum absolute atomic E-state index is 0.1000. The molecule has 1 rings (SSSR count). The topological polar surface area (TPSA) is 52.6 Å². The maximum atomic E-state index is 12.4. The maximum Gasteiger partial charge on any atom is 0.305 e. The number of halogens is 1. The fourth-order valence-electron chi connectivity index (χ4n) is 3.86. The second-order valence-corrected chi connectivity index (χ2v) is 13.1. The SMILES string of the molecule is CCCCCCCCCCCCCCCC(=O)OC[C@@H](C)CCP(=O)(Cl)OCc1ccccc1. The lowest BCUT2D eigenvalue weighted by Gasteiger charge is -2.15. The lowest BCUT2D eigenvalue weighted by molar-refractivity contribution is -0.145. The van der Waals surface area contributed by atoms with Gasteiger partial charge in [-0.1, -0.05) is 121 Å². The van der Waals surface area contributed by atoms with Crippen molar-refractivity contribution in [2.45, 2.75) is 117 Å². The molecule has 0 heterocycles. The fourth-order valence-corrected chi connectivity index (χ4v) is 5.52. The molecule has 0 N–H and O–H groups in total. The average molecular weight is 515 g/mol. The molecule has 34 heavy (non-hydrogen) atoms. The number of carbonyl (C=O) groups excluding carboxylic acids is 1. The van der Waals surface area contributed by atoms with Gasteiger partial charge in [-0.15, -0.1) is 0 Å². The van der Waals surface area contributed by atoms with Crippen LogP contribution in [0.2, 0.25) is 0 Å². The zero-order chi connectivity index (χ0) is 24.9. The third-order valence-electron chi connectivity index (χ3n) is 6.17. The van der Waals surface area contributed by atoms with Crippen molar-refractivity contribution >= 4 is 23.9 Å². The first-order valence-corrected chi connectivity index (χ1v) is 16.3. The summed E-state index contributed by atoms with van der Waals surface area (Å²) in [6, 6.07) is 9.57. The summed E-state index contributed by atoms with van der Waals surface area (Å²) < 4.78 is 23.2.